The number of imide groups is 1. The van der Waals surface area contributed by atoms with E-state index in [1.165, 1.54) is 17.1 Å². The number of hydrogen-bond donors (Lipinski definition) is 6. The van der Waals surface area contributed by atoms with Crippen LogP contribution >= 0.6 is 0 Å². The van der Waals surface area contributed by atoms with Crippen molar-refractivity contribution in [1.29, 1.82) is 0 Å². The predicted molar refractivity (Wildman–Crippen MR) is 398 cm³/mol. The number of hydrogen-bond acceptors (Lipinski definition) is 19. The first-order valence-electron chi connectivity index (χ1n) is 37.3. The highest BCUT2D eigenvalue weighted by molar-refractivity contribution is 6.12. The number of nitrogens with zero attached hydrogens (tertiary/aromatic N) is 9. The average molecular weight is 1480 g/mol. The van der Waals surface area contributed by atoms with Crippen LogP contribution in [0.2, 0.25) is 0 Å². The summed E-state index contributed by atoms with van der Waals surface area (Å²) in [4.78, 5) is 119. The van der Waals surface area contributed by atoms with Gasteiger partial charge in [0.2, 0.25) is 41.4 Å². The van der Waals surface area contributed by atoms with Crippen molar-refractivity contribution in [1.82, 2.24) is 61.1 Å². The molecule has 0 saturated carbocycles. The van der Waals surface area contributed by atoms with Gasteiger partial charge in [-0.3, -0.25) is 48.1 Å². The van der Waals surface area contributed by atoms with E-state index in [2.05, 4.69) is 94.1 Å². The number of quaternary nitrogens is 1. The van der Waals surface area contributed by atoms with Crippen molar-refractivity contribution in [3.05, 3.63) is 95.6 Å². The Balaban J connectivity index is 0.844. The fourth-order valence-electron chi connectivity index (χ4n) is 11.9. The molecule has 0 radical (unpaired) electrons. The van der Waals surface area contributed by atoms with E-state index in [0.29, 0.717) is 140 Å². The Hall–Kier alpha value is -8.39. The van der Waals surface area contributed by atoms with Crippen LogP contribution in [0.4, 0.5) is 11.4 Å². The fraction of sp³-hybridized carbons (Fsp3) is 0.645. The Morgan fingerprint density at radius 3 is 1.22 bits per heavy atom. The van der Waals surface area contributed by atoms with Crippen LogP contribution in [-0.2, 0) is 111 Å². The number of amides is 9. The molecule has 6 rings (SSSR count). The highest BCUT2D eigenvalue weighted by Crippen LogP contribution is 2.25. The molecule has 2 aliphatic heterocycles. The smallest absolute Gasteiger partial charge is 0.253 e. The lowest BCUT2D eigenvalue weighted by Gasteiger charge is -2.44. The van der Waals surface area contributed by atoms with E-state index in [4.69, 9.17) is 28.4 Å². The van der Waals surface area contributed by atoms with Crippen molar-refractivity contribution < 1.29 is 76.1 Å². The van der Waals surface area contributed by atoms with Crippen LogP contribution in [0.15, 0.2) is 73.1 Å². The highest BCUT2D eigenvalue weighted by atomic mass is 16.5. The van der Waals surface area contributed by atoms with Gasteiger partial charge in [-0.25, -0.2) is 9.36 Å². The second-order valence-corrected chi connectivity index (χ2v) is 30.5. The molecular formula is C76H118N15O15+. The third-order valence-corrected chi connectivity index (χ3v) is 17.7. The third-order valence-electron chi connectivity index (χ3n) is 17.7. The molecule has 2 aromatic carbocycles. The summed E-state index contributed by atoms with van der Waals surface area (Å²) >= 11 is 0. The van der Waals surface area contributed by atoms with E-state index < -0.39 is 36.0 Å². The van der Waals surface area contributed by atoms with Gasteiger partial charge in [-0.2, -0.15) is 0 Å². The summed E-state index contributed by atoms with van der Waals surface area (Å²) in [5.74, 6) is -3.38. The molecule has 4 aromatic rings. The maximum atomic E-state index is 13.5. The summed E-state index contributed by atoms with van der Waals surface area (Å²) in [6, 6.07) is 11.9. The Kier molecular flexibility index (Phi) is 35.9. The molecule has 4 heterocycles. The minimum atomic E-state index is -0.848. The summed E-state index contributed by atoms with van der Waals surface area (Å²) in [5.41, 5.74) is 5.40. The van der Waals surface area contributed by atoms with Gasteiger partial charge >= 0.3 is 0 Å². The molecule has 4 atom stereocenters. The van der Waals surface area contributed by atoms with Crippen molar-refractivity contribution in [2.75, 3.05) is 123 Å². The summed E-state index contributed by atoms with van der Waals surface area (Å²) in [5, 5.41) is 34.6. The lowest BCUT2D eigenvalue weighted by atomic mass is 9.88. The maximum absolute atomic E-state index is 13.5. The van der Waals surface area contributed by atoms with Crippen molar-refractivity contribution >= 4 is 64.5 Å². The zero-order chi connectivity index (χ0) is 77.2. The number of rotatable bonds is 48. The van der Waals surface area contributed by atoms with Crippen LogP contribution in [0.3, 0.4) is 0 Å². The number of carbonyl (C=O) groups excluding carboxylic acids is 9. The fourth-order valence-corrected chi connectivity index (χ4v) is 11.9. The number of nitrogens with one attached hydrogen (secondary N) is 6. The number of unbranched alkanes of at least 4 members (excludes halogenated alkanes) is 2. The third kappa shape index (κ3) is 32.4. The van der Waals surface area contributed by atoms with Crippen LogP contribution in [0.25, 0.3) is 0 Å². The molecule has 0 bridgehead atoms. The Morgan fingerprint density at radius 2 is 0.840 bits per heavy atom. The van der Waals surface area contributed by atoms with Crippen LogP contribution in [0.5, 0.6) is 0 Å². The quantitative estimate of drug-likeness (QED) is 0.0185. The van der Waals surface area contributed by atoms with Gasteiger partial charge < -0.3 is 69.7 Å². The molecule has 0 spiro atoms. The van der Waals surface area contributed by atoms with E-state index in [1.54, 1.807) is 23.2 Å². The van der Waals surface area contributed by atoms with Crippen LogP contribution in [-0.4, -0.2) is 234 Å². The minimum absolute atomic E-state index is 0.0328. The maximum Gasteiger partial charge on any atom is 0.253 e. The number of benzene rings is 2. The second kappa shape index (κ2) is 44.0. The lowest BCUT2D eigenvalue weighted by Crippen LogP contribution is -2.59. The molecule has 2 aromatic heterocycles. The van der Waals surface area contributed by atoms with Crippen LogP contribution in [0.1, 0.15) is 144 Å². The largest absolute Gasteiger partial charge is 0.379 e. The standard InChI is InChI=1S/C76H117N15O15/c1-54(2)69(73(99)77-56(5)71(97)79-60-21-17-58(18-22-60)48-75(7,8)9)81-64(92)27-36-101-40-44-105-46-42-103-38-32-88-50-62(83-85-88)52-91(34-30-87(31-35-91)66(94)16-14-13-15-29-90-67(95)25-26-68(90)96)53-63-51-89(86-84-63)33-39-104-43-47-106-45-41-102-37-28-65(93)82-70(55(3)4)74(100)78-57(6)72(98)80-61-23-19-59(20-24-61)49-76(10,11)12/h17-26,50-51,54-57,69-70H,13-16,27-49,52-53H2,1-12H3,(H5-,77,78,79,80,81,82,92,93,97,98,99,100)/p+1/t56-,57-,69-,70-/m0/s1. The molecule has 106 heavy (non-hydrogen) atoms. The molecular weight excluding hydrogens is 1360 g/mol. The molecule has 0 unspecified atom stereocenters. The van der Waals surface area contributed by atoms with Gasteiger partial charge in [0.25, 0.3) is 11.8 Å². The van der Waals surface area contributed by atoms with Gasteiger partial charge in [-0.1, -0.05) is 110 Å². The molecule has 0 aliphatic carbocycles. The highest BCUT2D eigenvalue weighted by Gasteiger charge is 2.37. The number of ether oxygens (including phenoxy) is 6. The molecule has 30 nitrogen and oxygen atoms in total. The van der Waals surface area contributed by atoms with E-state index in [9.17, 15) is 43.2 Å². The Labute approximate surface area is 624 Å². The minimum Gasteiger partial charge on any atom is -0.379 e. The van der Waals surface area contributed by atoms with E-state index in [0.717, 1.165) is 35.4 Å². The Bertz CT molecular complexity index is 3240. The van der Waals surface area contributed by atoms with Crippen molar-refractivity contribution in [2.45, 2.75) is 185 Å². The topological polar surface area (TPSA) is 349 Å². The molecule has 1 saturated heterocycles. The number of carbonyl (C=O) groups is 9. The monoisotopic (exact) mass is 1480 g/mol. The summed E-state index contributed by atoms with van der Waals surface area (Å²) in [6.45, 7) is 31.5. The first kappa shape index (κ1) is 86.5. The lowest BCUT2D eigenvalue weighted by molar-refractivity contribution is -0.957. The SMILES string of the molecule is CC(C)[C@H](NC(=O)CCOCCOCCOCCn1cc(C[N+]2(Cc3cn(CCOCCOCCOCCC(=O)N[C@H](C(=O)N[C@@H](C)C(=O)Nc4ccc(CC(C)(C)C)cc4)C(C)C)nn3)CCN(C(=O)CCCCCN3C(=O)C=CC3=O)CC2)nn1)C(=O)N[C@@H](C)C(=O)Nc1ccc(CC(C)(C)C)cc1. The molecule has 586 valence electrons. The molecule has 1 fully saturated rings. The van der Waals surface area contributed by atoms with Gasteiger partial charge in [0, 0.05) is 49.3 Å². The summed E-state index contributed by atoms with van der Waals surface area (Å²) in [6.07, 6.45) is 10.6. The van der Waals surface area contributed by atoms with Crippen molar-refractivity contribution in [2.24, 2.45) is 22.7 Å². The molecule has 2 aliphatic rings. The average Bonchev–Trinajstić information content (AvgIpc) is 1.42. The van der Waals surface area contributed by atoms with Gasteiger partial charge in [0.05, 0.1) is 131 Å². The van der Waals surface area contributed by atoms with Crippen molar-refractivity contribution in [3.63, 3.8) is 0 Å². The first-order chi connectivity index (χ1) is 50.4. The molecule has 30 heteroatoms. The Morgan fingerprint density at radius 1 is 0.462 bits per heavy atom. The zero-order valence-corrected chi connectivity index (χ0v) is 64.5. The van der Waals surface area contributed by atoms with Gasteiger partial charge in [-0.15, -0.1) is 10.2 Å². The summed E-state index contributed by atoms with van der Waals surface area (Å²) < 4.78 is 38.4. The van der Waals surface area contributed by atoms with Gasteiger partial charge in [0.15, 0.2) is 0 Å². The normalized spacial score (nSPS) is 15.0. The molecule has 6 N–H and O–H groups in total. The number of anilines is 2. The predicted octanol–water partition coefficient (Wildman–Crippen LogP) is 5.34. The van der Waals surface area contributed by atoms with Crippen molar-refractivity contribution in [3.8, 4) is 0 Å². The van der Waals surface area contributed by atoms with Crippen LogP contribution in [0, 0.1) is 22.7 Å². The van der Waals surface area contributed by atoms with E-state index in [-0.39, 0.29) is 116 Å². The first-order valence-corrected chi connectivity index (χ1v) is 37.3. The number of piperazine rings is 1. The summed E-state index contributed by atoms with van der Waals surface area (Å²) in [7, 11) is 0. The van der Waals surface area contributed by atoms with Gasteiger partial charge in [0.1, 0.15) is 48.6 Å². The van der Waals surface area contributed by atoms with Gasteiger partial charge in [-0.05, 0) is 97.6 Å². The van der Waals surface area contributed by atoms with E-state index in [1.807, 2.05) is 93.5 Å². The molecule has 9 amide bonds. The number of aromatic nitrogens is 6. The van der Waals surface area contributed by atoms with E-state index >= 15 is 0 Å². The van der Waals surface area contributed by atoms with Crippen LogP contribution < -0.4 is 31.9 Å². The zero-order valence-electron chi connectivity index (χ0n) is 64.5. The second-order valence-electron chi connectivity index (χ2n) is 30.5.